The van der Waals surface area contributed by atoms with E-state index in [-0.39, 0.29) is 23.6 Å². The third-order valence-corrected chi connectivity index (χ3v) is 5.31. The Bertz CT molecular complexity index is 886. The van der Waals surface area contributed by atoms with Gasteiger partial charge in [-0.25, -0.2) is 9.78 Å². The summed E-state index contributed by atoms with van der Waals surface area (Å²) in [6.07, 6.45) is 4.08. The Kier molecular flexibility index (Phi) is 10.3. The van der Waals surface area contributed by atoms with Crippen LogP contribution in [0.25, 0.3) is 0 Å². The summed E-state index contributed by atoms with van der Waals surface area (Å²) in [5, 5.41) is 14.4. The van der Waals surface area contributed by atoms with Gasteiger partial charge in [0.05, 0.1) is 12.0 Å². The fourth-order valence-electron chi connectivity index (χ4n) is 3.55. The van der Waals surface area contributed by atoms with Gasteiger partial charge in [-0.1, -0.05) is 30.3 Å². The van der Waals surface area contributed by atoms with Crippen molar-refractivity contribution in [2.24, 2.45) is 0 Å². The molecule has 1 aromatic heterocycles. The SMILES string of the molecule is CCN(CC)c1ncc([N+](=O)[O-])c(N[C@H](C)Cc2ccccc2)n1.COC(=O)N1CCCC1. The molecule has 0 spiro atoms. The van der Waals surface area contributed by atoms with Crippen LogP contribution in [0.3, 0.4) is 0 Å². The number of nitro groups is 1. The van der Waals surface area contributed by atoms with Crippen molar-refractivity contribution < 1.29 is 14.5 Å². The van der Waals surface area contributed by atoms with Crippen LogP contribution >= 0.6 is 0 Å². The first kappa shape index (κ1) is 25.8. The van der Waals surface area contributed by atoms with Gasteiger partial charge in [0.25, 0.3) is 0 Å². The maximum atomic E-state index is 11.3. The normalized spacial score (nSPS) is 13.5. The van der Waals surface area contributed by atoms with Crippen LogP contribution in [0.2, 0.25) is 0 Å². The summed E-state index contributed by atoms with van der Waals surface area (Å²) in [5.41, 5.74) is 1.06. The molecule has 33 heavy (non-hydrogen) atoms. The van der Waals surface area contributed by atoms with Crippen molar-refractivity contribution in [3.63, 3.8) is 0 Å². The molecule has 2 heterocycles. The predicted octanol–water partition coefficient (Wildman–Crippen LogP) is 4.12. The molecular weight excluding hydrogens is 424 g/mol. The molecule has 10 nitrogen and oxygen atoms in total. The van der Waals surface area contributed by atoms with Gasteiger partial charge in [-0.05, 0) is 45.6 Å². The Morgan fingerprint density at radius 1 is 1.24 bits per heavy atom. The molecule has 0 bridgehead atoms. The zero-order chi connectivity index (χ0) is 24.2. The average molecular weight is 459 g/mol. The number of nitrogens with zero attached hydrogens (tertiary/aromatic N) is 5. The lowest BCUT2D eigenvalue weighted by Crippen LogP contribution is -2.27. The molecule has 0 radical (unpaired) electrons. The number of carbonyl (C=O) groups is 1. The third-order valence-electron chi connectivity index (χ3n) is 5.31. The van der Waals surface area contributed by atoms with Gasteiger partial charge in [0.15, 0.2) is 0 Å². The van der Waals surface area contributed by atoms with E-state index in [9.17, 15) is 14.9 Å². The van der Waals surface area contributed by atoms with E-state index in [0.717, 1.165) is 51.0 Å². The molecule has 1 saturated heterocycles. The van der Waals surface area contributed by atoms with Gasteiger partial charge in [-0.3, -0.25) is 10.1 Å². The molecule has 2 aromatic rings. The monoisotopic (exact) mass is 458 g/mol. The lowest BCUT2D eigenvalue weighted by Gasteiger charge is -2.20. The zero-order valence-corrected chi connectivity index (χ0v) is 19.9. The van der Waals surface area contributed by atoms with Crippen molar-refractivity contribution in [2.45, 2.75) is 46.1 Å². The molecule has 0 unspecified atom stereocenters. The minimum atomic E-state index is -0.455. The van der Waals surface area contributed by atoms with Crippen molar-refractivity contribution >= 4 is 23.5 Å². The van der Waals surface area contributed by atoms with Crippen molar-refractivity contribution in [1.82, 2.24) is 14.9 Å². The largest absolute Gasteiger partial charge is 0.453 e. The molecule has 180 valence electrons. The zero-order valence-electron chi connectivity index (χ0n) is 19.9. The van der Waals surface area contributed by atoms with Crippen molar-refractivity contribution in [2.75, 3.05) is 43.5 Å². The van der Waals surface area contributed by atoms with E-state index < -0.39 is 4.92 Å². The Hall–Kier alpha value is -3.43. The summed E-state index contributed by atoms with van der Waals surface area (Å²) in [7, 11) is 1.42. The van der Waals surface area contributed by atoms with E-state index in [4.69, 9.17) is 0 Å². The summed E-state index contributed by atoms with van der Waals surface area (Å²) in [6.45, 7) is 9.20. The molecule has 0 aliphatic carbocycles. The van der Waals surface area contributed by atoms with Crippen LogP contribution in [-0.2, 0) is 11.2 Å². The Morgan fingerprint density at radius 3 is 2.42 bits per heavy atom. The number of rotatable bonds is 8. The van der Waals surface area contributed by atoms with Crippen LogP contribution in [0.5, 0.6) is 0 Å². The average Bonchev–Trinajstić information content (AvgIpc) is 3.35. The number of hydrogen-bond acceptors (Lipinski definition) is 8. The first-order valence-electron chi connectivity index (χ1n) is 11.3. The number of amides is 1. The highest BCUT2D eigenvalue weighted by molar-refractivity contribution is 5.67. The fourth-order valence-corrected chi connectivity index (χ4v) is 3.55. The van der Waals surface area contributed by atoms with Crippen LogP contribution in [0.1, 0.15) is 39.2 Å². The molecule has 3 rings (SSSR count). The number of ether oxygens (including phenoxy) is 1. The summed E-state index contributed by atoms with van der Waals surface area (Å²) in [6, 6.07) is 10.0. The maximum Gasteiger partial charge on any atom is 0.409 e. The highest BCUT2D eigenvalue weighted by atomic mass is 16.6. The van der Waals surface area contributed by atoms with Crippen LogP contribution in [0.4, 0.5) is 22.2 Å². The van der Waals surface area contributed by atoms with E-state index in [1.165, 1.54) is 13.3 Å². The Balaban J connectivity index is 0.000000357. The lowest BCUT2D eigenvalue weighted by molar-refractivity contribution is -0.384. The van der Waals surface area contributed by atoms with Crippen molar-refractivity contribution in [3.05, 3.63) is 52.2 Å². The Labute approximate surface area is 195 Å². The predicted molar refractivity (Wildman–Crippen MR) is 129 cm³/mol. The molecular formula is C23H34N6O4. The first-order chi connectivity index (χ1) is 15.9. The molecule has 1 aromatic carbocycles. The molecule has 1 aliphatic heterocycles. The van der Waals surface area contributed by atoms with Crippen LogP contribution in [0.15, 0.2) is 36.5 Å². The van der Waals surface area contributed by atoms with Crippen LogP contribution in [-0.4, -0.2) is 65.2 Å². The summed E-state index contributed by atoms with van der Waals surface area (Å²) >= 11 is 0. The van der Waals surface area contributed by atoms with Gasteiger partial charge < -0.3 is 19.9 Å². The molecule has 1 atom stereocenters. The molecule has 1 aliphatic rings. The van der Waals surface area contributed by atoms with Crippen LogP contribution in [0, 0.1) is 10.1 Å². The first-order valence-corrected chi connectivity index (χ1v) is 11.3. The number of benzene rings is 1. The highest BCUT2D eigenvalue weighted by Crippen LogP contribution is 2.24. The lowest BCUT2D eigenvalue weighted by atomic mass is 10.1. The molecule has 1 N–H and O–H groups in total. The minimum Gasteiger partial charge on any atom is -0.453 e. The minimum absolute atomic E-state index is 0.00514. The third kappa shape index (κ3) is 7.89. The standard InChI is InChI=1S/C17H23N5O2.C6H11NO2/c1-4-21(5-2)17-18-12-15(22(23)24)16(20-17)19-13(3)11-14-9-7-6-8-10-14;1-9-6(8)7-4-2-3-5-7/h6-10,12-13H,4-5,11H2,1-3H3,(H,18,19,20);2-5H2,1H3/t13-;/m1./s1. The van der Waals surface area contributed by atoms with Gasteiger partial charge in [0.2, 0.25) is 11.8 Å². The van der Waals surface area contributed by atoms with Gasteiger partial charge in [-0.15, -0.1) is 0 Å². The number of hydrogen-bond donors (Lipinski definition) is 1. The van der Waals surface area contributed by atoms with E-state index in [2.05, 4.69) is 20.0 Å². The van der Waals surface area contributed by atoms with Gasteiger partial charge >= 0.3 is 11.8 Å². The van der Waals surface area contributed by atoms with E-state index in [0.29, 0.717) is 5.95 Å². The second-order valence-electron chi connectivity index (χ2n) is 7.73. The molecule has 10 heteroatoms. The van der Waals surface area contributed by atoms with E-state index >= 15 is 0 Å². The van der Waals surface area contributed by atoms with Gasteiger partial charge in [0, 0.05) is 32.2 Å². The quantitative estimate of drug-likeness (QED) is 0.464. The number of aromatic nitrogens is 2. The second-order valence-corrected chi connectivity index (χ2v) is 7.73. The van der Waals surface area contributed by atoms with E-state index in [1.807, 2.05) is 56.0 Å². The maximum absolute atomic E-state index is 11.3. The summed E-state index contributed by atoms with van der Waals surface area (Å²) < 4.78 is 4.52. The topological polar surface area (TPSA) is 114 Å². The number of methoxy groups -OCH3 is 1. The van der Waals surface area contributed by atoms with Crippen molar-refractivity contribution in [1.29, 1.82) is 0 Å². The number of anilines is 2. The van der Waals surface area contributed by atoms with Gasteiger partial charge in [0.1, 0.15) is 6.20 Å². The molecule has 1 amide bonds. The van der Waals surface area contributed by atoms with Crippen LogP contribution < -0.4 is 10.2 Å². The van der Waals surface area contributed by atoms with E-state index in [1.54, 1.807) is 4.90 Å². The number of nitrogens with one attached hydrogen (secondary N) is 1. The smallest absolute Gasteiger partial charge is 0.409 e. The number of carbonyl (C=O) groups excluding carboxylic acids is 1. The van der Waals surface area contributed by atoms with Crippen molar-refractivity contribution in [3.8, 4) is 0 Å². The number of likely N-dealkylation sites (tertiary alicyclic amines) is 1. The second kappa shape index (κ2) is 13.2. The van der Waals surface area contributed by atoms with Gasteiger partial charge in [-0.2, -0.15) is 4.98 Å². The summed E-state index contributed by atoms with van der Waals surface area (Å²) in [4.78, 5) is 33.7. The summed E-state index contributed by atoms with van der Waals surface area (Å²) in [5.74, 6) is 0.764. The molecule has 0 saturated carbocycles. The molecule has 1 fully saturated rings. The highest BCUT2D eigenvalue weighted by Gasteiger charge is 2.20. The Morgan fingerprint density at radius 2 is 1.88 bits per heavy atom. The fraction of sp³-hybridized carbons (Fsp3) is 0.522.